The number of carbonyl (C=O) groups is 2. The number of hydrogen-bond donors (Lipinski definition) is 0. The Morgan fingerprint density at radius 3 is 1.34 bits per heavy atom. The zero-order valence-electron chi connectivity index (χ0n) is 29.9. The molecule has 0 bridgehead atoms. The van der Waals surface area contributed by atoms with Crippen LogP contribution in [0.2, 0.25) is 0 Å². The zero-order chi connectivity index (χ0) is 36.7. The SMILES string of the molecule is CC(=O)OC(COc1cccc2ccccc12)COc1c2ccccc2c(OCC(COc2cccc3ccccc23)OC(C)=O)c2cc(C)ccc12. The van der Waals surface area contributed by atoms with Crippen LogP contribution in [0.25, 0.3) is 43.1 Å². The molecule has 0 fully saturated rings. The Labute approximate surface area is 307 Å². The minimum atomic E-state index is -0.688. The second kappa shape index (κ2) is 15.9. The lowest BCUT2D eigenvalue weighted by atomic mass is 9.99. The summed E-state index contributed by atoms with van der Waals surface area (Å²) in [6, 6.07) is 41.5. The van der Waals surface area contributed by atoms with E-state index in [0.717, 1.165) is 48.7 Å². The van der Waals surface area contributed by atoms with E-state index in [0.29, 0.717) is 23.0 Å². The highest BCUT2D eigenvalue weighted by Gasteiger charge is 2.22. The van der Waals surface area contributed by atoms with Crippen LogP contribution < -0.4 is 18.9 Å². The molecule has 0 aliphatic rings. The monoisotopic (exact) mass is 708 g/mol. The smallest absolute Gasteiger partial charge is 0.303 e. The fourth-order valence-electron chi connectivity index (χ4n) is 6.59. The van der Waals surface area contributed by atoms with E-state index in [1.807, 2.05) is 134 Å². The van der Waals surface area contributed by atoms with Crippen LogP contribution >= 0.6 is 0 Å². The molecule has 0 radical (unpaired) electrons. The molecule has 0 heterocycles. The lowest BCUT2D eigenvalue weighted by molar-refractivity contribution is -0.150. The molecule has 0 aliphatic heterocycles. The molecule has 0 spiro atoms. The van der Waals surface area contributed by atoms with Gasteiger partial charge in [-0.25, -0.2) is 0 Å². The predicted molar refractivity (Wildman–Crippen MR) is 207 cm³/mol. The van der Waals surface area contributed by atoms with Gasteiger partial charge in [0.05, 0.1) is 0 Å². The van der Waals surface area contributed by atoms with E-state index < -0.39 is 24.1 Å². The first kappa shape index (κ1) is 35.1. The summed E-state index contributed by atoms with van der Waals surface area (Å²) in [6.07, 6.45) is -1.37. The topological polar surface area (TPSA) is 89.5 Å². The van der Waals surface area contributed by atoms with E-state index in [9.17, 15) is 9.59 Å². The first-order chi connectivity index (χ1) is 25.8. The fraction of sp³-hybridized carbons (Fsp3) is 0.200. The molecule has 7 rings (SSSR count). The molecule has 8 heteroatoms. The van der Waals surface area contributed by atoms with Gasteiger partial charge >= 0.3 is 11.9 Å². The lowest BCUT2D eigenvalue weighted by Crippen LogP contribution is -2.30. The van der Waals surface area contributed by atoms with Crippen LogP contribution in [-0.4, -0.2) is 50.6 Å². The van der Waals surface area contributed by atoms with E-state index in [4.69, 9.17) is 28.4 Å². The van der Waals surface area contributed by atoms with Gasteiger partial charge in [0.25, 0.3) is 0 Å². The molecular formula is C45H40O8. The van der Waals surface area contributed by atoms with Crippen molar-refractivity contribution >= 4 is 55.0 Å². The van der Waals surface area contributed by atoms with Gasteiger partial charge in [-0.2, -0.15) is 0 Å². The molecule has 2 atom stereocenters. The van der Waals surface area contributed by atoms with Crippen molar-refractivity contribution in [2.45, 2.75) is 33.0 Å². The van der Waals surface area contributed by atoms with Crippen LogP contribution in [0.15, 0.2) is 127 Å². The molecule has 2 unspecified atom stereocenters. The summed E-state index contributed by atoms with van der Waals surface area (Å²) >= 11 is 0. The van der Waals surface area contributed by atoms with Crippen molar-refractivity contribution in [2.75, 3.05) is 26.4 Å². The van der Waals surface area contributed by atoms with E-state index in [-0.39, 0.29) is 26.4 Å². The van der Waals surface area contributed by atoms with Gasteiger partial charge in [-0.1, -0.05) is 115 Å². The number of aryl methyl sites for hydroxylation is 1. The molecule has 8 nitrogen and oxygen atoms in total. The number of carbonyl (C=O) groups excluding carboxylic acids is 2. The van der Waals surface area contributed by atoms with Gasteiger partial charge in [0.15, 0.2) is 12.2 Å². The van der Waals surface area contributed by atoms with Crippen molar-refractivity contribution in [1.29, 1.82) is 0 Å². The summed E-state index contributed by atoms with van der Waals surface area (Å²) in [5.74, 6) is 1.79. The van der Waals surface area contributed by atoms with Gasteiger partial charge in [-0.3, -0.25) is 9.59 Å². The number of ether oxygens (including phenoxy) is 6. The third-order valence-electron chi connectivity index (χ3n) is 8.92. The normalized spacial score (nSPS) is 12.4. The number of esters is 2. The van der Waals surface area contributed by atoms with Gasteiger partial charge in [-0.15, -0.1) is 0 Å². The number of hydrogen-bond acceptors (Lipinski definition) is 8. The third-order valence-corrected chi connectivity index (χ3v) is 8.92. The Hall–Kier alpha value is -6.28. The van der Waals surface area contributed by atoms with E-state index >= 15 is 0 Å². The molecule has 7 aromatic rings. The van der Waals surface area contributed by atoms with Gasteiger partial charge in [0, 0.05) is 46.2 Å². The second-order valence-electron chi connectivity index (χ2n) is 12.9. The summed E-state index contributed by atoms with van der Waals surface area (Å²) in [5, 5.41) is 7.31. The lowest BCUT2D eigenvalue weighted by Gasteiger charge is -2.23. The minimum absolute atomic E-state index is 0.0531. The minimum Gasteiger partial charge on any atom is -0.489 e. The first-order valence-corrected chi connectivity index (χ1v) is 17.6. The Kier molecular flexibility index (Phi) is 10.6. The van der Waals surface area contributed by atoms with E-state index in [1.165, 1.54) is 13.8 Å². The first-order valence-electron chi connectivity index (χ1n) is 17.6. The maximum atomic E-state index is 12.2. The number of benzene rings is 7. The third kappa shape index (κ3) is 8.12. The Morgan fingerprint density at radius 2 is 0.849 bits per heavy atom. The average Bonchev–Trinajstić information content (AvgIpc) is 3.16. The van der Waals surface area contributed by atoms with Crippen molar-refractivity contribution in [1.82, 2.24) is 0 Å². The molecule has 0 aromatic heterocycles. The van der Waals surface area contributed by atoms with Crippen molar-refractivity contribution < 1.29 is 38.0 Å². The molecule has 7 aromatic carbocycles. The largest absolute Gasteiger partial charge is 0.489 e. The van der Waals surface area contributed by atoms with Gasteiger partial charge in [0.1, 0.15) is 49.4 Å². The molecule has 0 aliphatic carbocycles. The number of fused-ring (bicyclic) bond motifs is 4. The maximum absolute atomic E-state index is 12.2. The highest BCUT2D eigenvalue weighted by Crippen LogP contribution is 2.43. The quantitative estimate of drug-likeness (QED) is 0.0816. The Morgan fingerprint density at radius 1 is 0.453 bits per heavy atom. The molecular weight excluding hydrogens is 668 g/mol. The van der Waals surface area contributed by atoms with Gasteiger partial charge in [-0.05, 0) is 35.9 Å². The Balaban J connectivity index is 1.15. The standard InChI is InChI=1S/C45H40O8/c1-29-22-23-40-41(24-29)45(51-28-35(53-31(3)47)26-49-43-21-11-15-33-13-5-7-17-37(33)43)39-19-9-8-18-38(39)44(40)50-27-34(52-30(2)46)25-48-42-20-10-14-32-12-4-6-16-36(32)42/h4-24,34-35H,25-28H2,1-3H3. The average molecular weight is 709 g/mol. The second-order valence-corrected chi connectivity index (χ2v) is 12.9. The van der Waals surface area contributed by atoms with Crippen LogP contribution in [-0.2, 0) is 19.1 Å². The molecule has 0 amide bonds. The van der Waals surface area contributed by atoms with Crippen LogP contribution in [0.1, 0.15) is 19.4 Å². The maximum Gasteiger partial charge on any atom is 0.303 e. The zero-order valence-corrected chi connectivity index (χ0v) is 29.9. The summed E-state index contributed by atoms with van der Waals surface area (Å²) in [5.41, 5.74) is 1.03. The molecule has 268 valence electrons. The fourth-order valence-corrected chi connectivity index (χ4v) is 6.59. The summed E-state index contributed by atoms with van der Waals surface area (Å²) in [4.78, 5) is 24.4. The van der Waals surface area contributed by atoms with Gasteiger partial charge < -0.3 is 28.4 Å². The summed E-state index contributed by atoms with van der Waals surface area (Å²) in [7, 11) is 0. The molecule has 53 heavy (non-hydrogen) atoms. The van der Waals surface area contributed by atoms with Crippen molar-refractivity contribution in [2.24, 2.45) is 0 Å². The van der Waals surface area contributed by atoms with E-state index in [2.05, 4.69) is 0 Å². The van der Waals surface area contributed by atoms with Crippen LogP contribution in [0.5, 0.6) is 23.0 Å². The summed E-state index contributed by atoms with van der Waals surface area (Å²) < 4.78 is 36.9. The van der Waals surface area contributed by atoms with Crippen molar-refractivity contribution in [3.63, 3.8) is 0 Å². The Bertz CT molecular complexity index is 2410. The van der Waals surface area contributed by atoms with Crippen molar-refractivity contribution in [3.05, 3.63) is 133 Å². The van der Waals surface area contributed by atoms with E-state index in [1.54, 1.807) is 0 Å². The molecule has 0 saturated heterocycles. The van der Waals surface area contributed by atoms with Crippen LogP contribution in [0.3, 0.4) is 0 Å². The highest BCUT2D eigenvalue weighted by atomic mass is 16.6. The highest BCUT2D eigenvalue weighted by molar-refractivity contribution is 6.11. The van der Waals surface area contributed by atoms with Crippen molar-refractivity contribution in [3.8, 4) is 23.0 Å². The summed E-state index contributed by atoms with van der Waals surface area (Å²) in [6.45, 7) is 5.07. The van der Waals surface area contributed by atoms with Gasteiger partial charge in [0.2, 0.25) is 0 Å². The molecule has 0 N–H and O–H groups in total. The van der Waals surface area contributed by atoms with Crippen LogP contribution in [0.4, 0.5) is 0 Å². The molecule has 0 saturated carbocycles. The number of rotatable bonds is 14. The van der Waals surface area contributed by atoms with Crippen LogP contribution in [0, 0.1) is 6.92 Å². The predicted octanol–water partition coefficient (Wildman–Crippen LogP) is 9.39.